The molecule has 224 valence electrons. The number of hydrogen-bond acceptors (Lipinski definition) is 7. The number of nitrogens with one attached hydrogen (secondary N) is 1. The van der Waals surface area contributed by atoms with E-state index in [4.69, 9.17) is 14.7 Å². The Balaban J connectivity index is 1.78. The van der Waals surface area contributed by atoms with Gasteiger partial charge in [0.1, 0.15) is 6.61 Å². The fourth-order valence-electron chi connectivity index (χ4n) is 5.17. The second-order valence-electron chi connectivity index (χ2n) is 13.1. The highest BCUT2D eigenvalue weighted by Gasteiger charge is 2.31. The van der Waals surface area contributed by atoms with Crippen LogP contribution < -0.4 is 9.46 Å². The van der Waals surface area contributed by atoms with Crippen molar-refractivity contribution in [2.45, 2.75) is 84.3 Å². The summed E-state index contributed by atoms with van der Waals surface area (Å²) >= 11 is 1.36. The van der Waals surface area contributed by atoms with Gasteiger partial charge in [0.2, 0.25) is 11.8 Å². The Bertz CT molecular complexity index is 1420. The minimum atomic E-state index is -0.808. The van der Waals surface area contributed by atoms with Gasteiger partial charge in [-0.15, -0.1) is 0 Å². The molecule has 1 aliphatic rings. The van der Waals surface area contributed by atoms with E-state index in [0.29, 0.717) is 43.2 Å². The van der Waals surface area contributed by atoms with Gasteiger partial charge in [0.15, 0.2) is 0 Å². The summed E-state index contributed by atoms with van der Waals surface area (Å²) in [4.78, 5) is 26.5. The average Bonchev–Trinajstić information content (AvgIpc) is 2.90. The number of aryl methyl sites for hydroxylation is 2. The predicted molar refractivity (Wildman–Crippen MR) is 172 cm³/mol. The Labute approximate surface area is 254 Å². The largest absolute Gasteiger partial charge is 0.475 e. The summed E-state index contributed by atoms with van der Waals surface area (Å²) < 4.78 is 9.70. The zero-order valence-corrected chi connectivity index (χ0v) is 26.8. The Kier molecular flexibility index (Phi) is 9.68. The van der Waals surface area contributed by atoms with Crippen LogP contribution in [0.25, 0.3) is 11.3 Å². The first kappa shape index (κ1) is 31.6. The third-order valence-corrected chi connectivity index (χ3v) is 8.01. The van der Waals surface area contributed by atoms with Gasteiger partial charge in [-0.1, -0.05) is 57.2 Å². The highest BCUT2D eigenvalue weighted by atomic mass is 32.2. The van der Waals surface area contributed by atoms with Crippen LogP contribution >= 0.6 is 11.9 Å². The first-order valence-corrected chi connectivity index (χ1v) is 15.3. The van der Waals surface area contributed by atoms with Gasteiger partial charge in [0.25, 0.3) is 5.91 Å². The lowest BCUT2D eigenvalue weighted by molar-refractivity contribution is 0.0550. The number of aromatic nitrogens is 2. The van der Waals surface area contributed by atoms with E-state index in [0.717, 1.165) is 32.9 Å². The number of ether oxygens (including phenoxy) is 1. The van der Waals surface area contributed by atoms with E-state index in [9.17, 15) is 9.90 Å². The minimum absolute atomic E-state index is 0.0750. The number of hydrogen-bond donors (Lipinski definition) is 2. The maximum Gasteiger partial charge on any atom is 0.254 e. The van der Waals surface area contributed by atoms with Crippen LogP contribution in [-0.4, -0.2) is 50.7 Å². The summed E-state index contributed by atoms with van der Waals surface area (Å²) in [7, 11) is 0. The first-order valence-electron chi connectivity index (χ1n) is 14.5. The fourth-order valence-corrected chi connectivity index (χ4v) is 5.80. The standard InChI is InChI=1S/C34H44N4O3S/c1-22(15-16-34(7,8)40)20-38-26(19-33(4,5)6)21-41-29-18-28(30-23(2)11-9-12-24(30)3)35-32(36-29)37-42-27-14-10-13-25(17-27)31(38)39/h9-14,17-18,26,40H,1,15-16,19-21H2,2-8H3,(H,35,36,37). The topological polar surface area (TPSA) is 87.6 Å². The molecular formula is C34H44N4O3S. The van der Waals surface area contributed by atoms with Crippen molar-refractivity contribution < 1.29 is 14.6 Å². The zero-order valence-electron chi connectivity index (χ0n) is 26.0. The van der Waals surface area contributed by atoms with Crippen LogP contribution in [0.2, 0.25) is 0 Å². The SMILES string of the molecule is C=C(CCC(C)(C)O)CN1C(=O)c2cccc(c2)SNc2nc(cc(-c3c(C)cccc3C)n2)OCC1CC(C)(C)C. The van der Waals surface area contributed by atoms with Crippen LogP contribution in [0.5, 0.6) is 5.88 Å². The minimum Gasteiger partial charge on any atom is -0.475 e. The van der Waals surface area contributed by atoms with Crippen molar-refractivity contribution >= 4 is 23.8 Å². The quantitative estimate of drug-likeness (QED) is 0.217. The lowest BCUT2D eigenvalue weighted by Gasteiger charge is -2.36. The molecule has 0 spiro atoms. The lowest BCUT2D eigenvalue weighted by Crippen LogP contribution is -2.46. The molecule has 0 fully saturated rings. The van der Waals surface area contributed by atoms with Gasteiger partial charge in [0, 0.05) is 28.6 Å². The maximum atomic E-state index is 14.2. The molecule has 0 aliphatic carbocycles. The van der Waals surface area contributed by atoms with Crippen LogP contribution in [0, 0.1) is 19.3 Å². The number of carbonyl (C=O) groups is 1. The molecule has 2 heterocycles. The lowest BCUT2D eigenvalue weighted by atomic mass is 9.87. The van der Waals surface area contributed by atoms with Gasteiger partial charge in [-0.2, -0.15) is 4.98 Å². The van der Waals surface area contributed by atoms with Crippen molar-refractivity contribution in [2.75, 3.05) is 17.9 Å². The van der Waals surface area contributed by atoms with Crippen molar-refractivity contribution in [1.29, 1.82) is 0 Å². The van der Waals surface area contributed by atoms with Gasteiger partial charge in [-0.3, -0.25) is 9.52 Å². The summed E-state index contributed by atoms with van der Waals surface area (Å²) in [6.07, 6.45) is 1.90. The molecule has 3 aromatic rings. The van der Waals surface area contributed by atoms with Crippen molar-refractivity contribution in [3.63, 3.8) is 0 Å². The van der Waals surface area contributed by atoms with E-state index in [1.165, 1.54) is 11.9 Å². The van der Waals surface area contributed by atoms with Gasteiger partial charge < -0.3 is 14.7 Å². The van der Waals surface area contributed by atoms with Crippen molar-refractivity contribution in [3.05, 3.63) is 77.4 Å². The van der Waals surface area contributed by atoms with E-state index >= 15 is 0 Å². The molecule has 7 nitrogen and oxygen atoms in total. The first-order chi connectivity index (χ1) is 19.7. The number of aliphatic hydroxyl groups is 1. The van der Waals surface area contributed by atoms with Crippen LogP contribution in [0.1, 0.15) is 75.4 Å². The Hall–Kier alpha value is -3.36. The Morgan fingerprint density at radius 3 is 2.45 bits per heavy atom. The summed E-state index contributed by atoms with van der Waals surface area (Å²) in [6.45, 7) is 19.2. The molecule has 0 saturated carbocycles. The third kappa shape index (κ3) is 8.58. The number of fused-ring (bicyclic) bond motifs is 4. The van der Waals surface area contributed by atoms with Gasteiger partial charge in [0.05, 0.1) is 17.3 Å². The van der Waals surface area contributed by atoms with Crippen molar-refractivity contribution in [2.24, 2.45) is 5.41 Å². The van der Waals surface area contributed by atoms with E-state index in [2.05, 4.69) is 58.1 Å². The van der Waals surface area contributed by atoms with Crippen LogP contribution in [0.4, 0.5) is 5.95 Å². The van der Waals surface area contributed by atoms with Gasteiger partial charge in [-0.25, -0.2) is 4.98 Å². The smallest absolute Gasteiger partial charge is 0.254 e. The predicted octanol–water partition coefficient (Wildman–Crippen LogP) is 7.63. The molecule has 1 aliphatic heterocycles. The van der Waals surface area contributed by atoms with Crippen LogP contribution in [-0.2, 0) is 0 Å². The number of amides is 1. The van der Waals surface area contributed by atoms with Crippen molar-refractivity contribution in [3.8, 4) is 17.1 Å². The molecular weight excluding hydrogens is 544 g/mol. The van der Waals surface area contributed by atoms with Crippen LogP contribution in [0.15, 0.2) is 65.6 Å². The van der Waals surface area contributed by atoms with Gasteiger partial charge >= 0.3 is 0 Å². The summed E-state index contributed by atoms with van der Waals surface area (Å²) in [5.74, 6) is 0.812. The van der Waals surface area contributed by atoms with Crippen LogP contribution in [0.3, 0.4) is 0 Å². The molecule has 1 aromatic heterocycles. The fraction of sp³-hybridized carbons (Fsp3) is 0.441. The average molecular weight is 589 g/mol. The number of nitrogens with zero attached hydrogens (tertiary/aromatic N) is 3. The molecule has 1 amide bonds. The van der Waals surface area contributed by atoms with E-state index in [1.54, 1.807) is 13.8 Å². The zero-order chi connectivity index (χ0) is 30.7. The molecule has 1 atom stereocenters. The molecule has 42 heavy (non-hydrogen) atoms. The van der Waals surface area contributed by atoms with Crippen molar-refractivity contribution in [1.82, 2.24) is 14.9 Å². The Morgan fingerprint density at radius 2 is 1.79 bits per heavy atom. The molecule has 2 aromatic carbocycles. The number of anilines is 1. The molecule has 4 rings (SSSR count). The molecule has 2 N–H and O–H groups in total. The van der Waals surface area contributed by atoms with E-state index < -0.39 is 5.60 Å². The molecule has 0 saturated heterocycles. The van der Waals surface area contributed by atoms with E-state index in [-0.39, 0.29) is 24.0 Å². The maximum absolute atomic E-state index is 14.2. The number of benzene rings is 2. The molecule has 4 bridgehead atoms. The number of rotatable bonds is 7. The molecule has 8 heteroatoms. The highest BCUT2D eigenvalue weighted by Crippen LogP contribution is 2.32. The second-order valence-corrected chi connectivity index (χ2v) is 14.0. The van der Waals surface area contributed by atoms with E-state index in [1.807, 2.05) is 41.3 Å². The third-order valence-electron chi connectivity index (χ3n) is 7.24. The normalized spacial score (nSPS) is 16.0. The molecule has 0 radical (unpaired) electrons. The summed E-state index contributed by atoms with van der Waals surface area (Å²) in [6, 6.07) is 15.4. The summed E-state index contributed by atoms with van der Waals surface area (Å²) in [5, 5.41) is 10.3. The molecule has 1 unspecified atom stereocenters. The van der Waals surface area contributed by atoms with Gasteiger partial charge in [-0.05, 0) is 93.6 Å². The monoisotopic (exact) mass is 588 g/mol. The summed E-state index contributed by atoms with van der Waals surface area (Å²) in [5.41, 5.74) is 4.68. The second kappa shape index (κ2) is 12.9. The number of carbonyl (C=O) groups excluding carboxylic acids is 1. The Morgan fingerprint density at radius 1 is 1.10 bits per heavy atom. The highest BCUT2D eigenvalue weighted by molar-refractivity contribution is 8.00.